The number of benzene rings is 1. The van der Waals surface area contributed by atoms with Gasteiger partial charge >= 0.3 is 0 Å². The quantitative estimate of drug-likeness (QED) is 0.366. The zero-order chi connectivity index (χ0) is 13.3. The van der Waals surface area contributed by atoms with Crippen LogP contribution in [0.15, 0.2) is 23.4 Å². The molecule has 0 radical (unpaired) electrons. The third-order valence-corrected chi connectivity index (χ3v) is 3.37. The molecule has 0 saturated carbocycles. The highest BCUT2D eigenvalue weighted by Gasteiger charge is 2.30. The molecule has 1 saturated heterocycles. The fraction of sp³-hybridized carbons (Fsp3) is 0.462. The van der Waals surface area contributed by atoms with Gasteiger partial charge in [-0.2, -0.15) is 0 Å². The van der Waals surface area contributed by atoms with Crippen molar-refractivity contribution < 1.29 is 9.60 Å². The van der Waals surface area contributed by atoms with Gasteiger partial charge in [-0.1, -0.05) is 19.0 Å². The Morgan fingerprint density at radius 1 is 1.50 bits per heavy atom. The molecule has 3 N–H and O–H groups in total. The topological polar surface area (TPSA) is 61.8 Å². The van der Waals surface area contributed by atoms with E-state index in [2.05, 4.69) is 19.0 Å². The summed E-state index contributed by atoms with van der Waals surface area (Å²) >= 11 is 0. The summed E-state index contributed by atoms with van der Waals surface area (Å²) in [6.07, 6.45) is 1.05. The van der Waals surface area contributed by atoms with Gasteiger partial charge in [0.1, 0.15) is 5.82 Å². The molecule has 1 aromatic carbocycles. The van der Waals surface area contributed by atoms with Crippen molar-refractivity contribution in [3.05, 3.63) is 29.6 Å². The van der Waals surface area contributed by atoms with Crippen molar-refractivity contribution in [2.75, 3.05) is 18.0 Å². The molecule has 1 aliphatic rings. The lowest BCUT2D eigenvalue weighted by atomic mass is 9.93. The van der Waals surface area contributed by atoms with Crippen LogP contribution in [-0.4, -0.2) is 24.1 Å². The van der Waals surface area contributed by atoms with E-state index in [0.29, 0.717) is 11.3 Å². The van der Waals surface area contributed by atoms with Crippen molar-refractivity contribution in [1.29, 1.82) is 0 Å². The molecule has 0 amide bonds. The smallest absolute Gasteiger partial charge is 0.170 e. The zero-order valence-electron chi connectivity index (χ0n) is 10.7. The van der Waals surface area contributed by atoms with Crippen molar-refractivity contribution in [2.24, 2.45) is 16.3 Å². The van der Waals surface area contributed by atoms with Crippen molar-refractivity contribution in [3.8, 4) is 0 Å². The highest BCUT2D eigenvalue weighted by Crippen LogP contribution is 2.33. The molecule has 18 heavy (non-hydrogen) atoms. The van der Waals surface area contributed by atoms with Crippen LogP contribution >= 0.6 is 0 Å². The molecule has 0 atom stereocenters. The Labute approximate surface area is 106 Å². The van der Waals surface area contributed by atoms with Gasteiger partial charge in [0.15, 0.2) is 5.84 Å². The van der Waals surface area contributed by atoms with Gasteiger partial charge in [0.25, 0.3) is 0 Å². The number of rotatable bonds is 2. The van der Waals surface area contributed by atoms with Crippen LogP contribution in [0.2, 0.25) is 0 Å². The maximum atomic E-state index is 14.0. The van der Waals surface area contributed by atoms with Crippen LogP contribution in [0.25, 0.3) is 0 Å². The minimum atomic E-state index is -0.336. The van der Waals surface area contributed by atoms with E-state index in [0.717, 1.165) is 19.5 Å². The van der Waals surface area contributed by atoms with Crippen LogP contribution in [0.1, 0.15) is 25.8 Å². The van der Waals surface area contributed by atoms with Gasteiger partial charge < -0.3 is 15.8 Å². The van der Waals surface area contributed by atoms with Gasteiger partial charge in [-0.05, 0) is 30.0 Å². The van der Waals surface area contributed by atoms with E-state index in [1.165, 1.54) is 6.07 Å². The fourth-order valence-corrected chi connectivity index (χ4v) is 2.30. The second kappa shape index (κ2) is 4.48. The van der Waals surface area contributed by atoms with Crippen LogP contribution in [0.4, 0.5) is 10.1 Å². The summed E-state index contributed by atoms with van der Waals surface area (Å²) in [5, 5.41) is 11.4. The maximum absolute atomic E-state index is 14.0. The Morgan fingerprint density at radius 2 is 2.22 bits per heavy atom. The lowest BCUT2D eigenvalue weighted by molar-refractivity contribution is 0.318. The minimum absolute atomic E-state index is 0.0813. The van der Waals surface area contributed by atoms with Gasteiger partial charge in [0.2, 0.25) is 0 Å². The average Bonchev–Trinajstić information content (AvgIpc) is 2.68. The molecule has 4 nitrogen and oxygen atoms in total. The molecule has 1 heterocycles. The summed E-state index contributed by atoms with van der Waals surface area (Å²) in [7, 11) is 0. The third kappa shape index (κ3) is 2.39. The maximum Gasteiger partial charge on any atom is 0.170 e. The largest absolute Gasteiger partial charge is 0.409 e. The Morgan fingerprint density at radius 3 is 2.72 bits per heavy atom. The lowest BCUT2D eigenvalue weighted by Crippen LogP contribution is -2.24. The number of nitrogens with zero attached hydrogens (tertiary/aromatic N) is 2. The number of hydrogen-bond donors (Lipinski definition) is 2. The summed E-state index contributed by atoms with van der Waals surface area (Å²) in [5.41, 5.74) is 6.61. The number of nitrogens with two attached hydrogens (primary N) is 1. The van der Waals surface area contributed by atoms with Crippen molar-refractivity contribution in [3.63, 3.8) is 0 Å². The summed E-state index contributed by atoms with van der Waals surface area (Å²) < 4.78 is 14.0. The van der Waals surface area contributed by atoms with Crippen molar-refractivity contribution in [2.45, 2.75) is 20.3 Å². The second-order valence-electron chi connectivity index (χ2n) is 5.49. The molecule has 0 aliphatic carbocycles. The van der Waals surface area contributed by atoms with E-state index in [1.54, 1.807) is 12.1 Å². The second-order valence-corrected chi connectivity index (χ2v) is 5.49. The number of amidine groups is 1. The van der Waals surface area contributed by atoms with E-state index in [-0.39, 0.29) is 17.1 Å². The number of hydrogen-bond acceptors (Lipinski definition) is 3. The first-order valence-corrected chi connectivity index (χ1v) is 5.95. The van der Waals surface area contributed by atoms with Gasteiger partial charge in [-0.25, -0.2) is 4.39 Å². The minimum Gasteiger partial charge on any atom is -0.409 e. The molecular formula is C13H18FN3O. The molecule has 1 fully saturated rings. The summed E-state index contributed by atoms with van der Waals surface area (Å²) in [6, 6.07) is 4.65. The highest BCUT2D eigenvalue weighted by molar-refractivity contribution is 5.97. The number of halogens is 1. The van der Waals surface area contributed by atoms with Gasteiger partial charge in [-0.3, -0.25) is 0 Å². The van der Waals surface area contributed by atoms with Crippen LogP contribution in [0, 0.1) is 11.2 Å². The third-order valence-electron chi connectivity index (χ3n) is 3.37. The normalized spacial score (nSPS) is 19.3. The number of oxime groups is 1. The van der Waals surface area contributed by atoms with Gasteiger partial charge in [0, 0.05) is 18.7 Å². The van der Waals surface area contributed by atoms with Crippen LogP contribution in [0.5, 0.6) is 0 Å². The molecule has 98 valence electrons. The molecule has 5 heteroatoms. The fourth-order valence-electron chi connectivity index (χ4n) is 2.30. The molecule has 1 aromatic rings. The van der Waals surface area contributed by atoms with Gasteiger partial charge in [-0.15, -0.1) is 0 Å². The molecule has 0 aromatic heterocycles. The average molecular weight is 251 g/mol. The summed E-state index contributed by atoms with van der Waals surface area (Å²) in [6.45, 7) is 6.05. The SMILES string of the molecule is CC1(C)CCN(c2ccc(C(N)=NO)cc2F)C1. The van der Waals surface area contributed by atoms with E-state index in [9.17, 15) is 4.39 Å². The predicted octanol–water partition coefficient (Wildman–Crippen LogP) is 2.16. The molecule has 2 rings (SSSR count). The number of anilines is 1. The first-order valence-electron chi connectivity index (χ1n) is 5.95. The molecule has 0 spiro atoms. The van der Waals surface area contributed by atoms with Crippen LogP contribution in [-0.2, 0) is 0 Å². The van der Waals surface area contributed by atoms with E-state index < -0.39 is 0 Å². The Bertz CT molecular complexity index is 485. The molecular weight excluding hydrogens is 233 g/mol. The van der Waals surface area contributed by atoms with Crippen molar-refractivity contribution >= 4 is 11.5 Å². The first-order chi connectivity index (χ1) is 8.43. The van der Waals surface area contributed by atoms with Crippen molar-refractivity contribution in [1.82, 2.24) is 0 Å². The Kier molecular flexibility index (Phi) is 3.15. The van der Waals surface area contributed by atoms with Crippen LogP contribution in [0.3, 0.4) is 0 Å². The summed E-state index contributed by atoms with van der Waals surface area (Å²) in [5.74, 6) is -0.418. The Balaban J connectivity index is 2.26. The van der Waals surface area contributed by atoms with E-state index in [4.69, 9.17) is 10.9 Å². The lowest BCUT2D eigenvalue weighted by Gasteiger charge is -2.22. The first kappa shape index (κ1) is 12.7. The summed E-state index contributed by atoms with van der Waals surface area (Å²) in [4.78, 5) is 2.03. The Hall–Kier alpha value is -1.78. The van der Waals surface area contributed by atoms with Crippen LogP contribution < -0.4 is 10.6 Å². The molecule has 0 bridgehead atoms. The monoisotopic (exact) mass is 251 g/mol. The highest BCUT2D eigenvalue weighted by atomic mass is 19.1. The van der Waals surface area contributed by atoms with Gasteiger partial charge in [0.05, 0.1) is 5.69 Å². The molecule has 0 unspecified atom stereocenters. The van der Waals surface area contributed by atoms with E-state index in [1.807, 2.05) is 4.90 Å². The zero-order valence-corrected chi connectivity index (χ0v) is 10.7. The standard InChI is InChI=1S/C13H18FN3O/c1-13(2)5-6-17(8-13)11-4-3-9(7-10(11)14)12(15)16-18/h3-4,7,18H,5-6,8H2,1-2H3,(H2,15,16). The predicted molar refractivity (Wildman–Crippen MR) is 69.5 cm³/mol. The van der Waals surface area contributed by atoms with E-state index >= 15 is 0 Å². The molecule has 1 aliphatic heterocycles.